The summed E-state index contributed by atoms with van der Waals surface area (Å²) in [4.78, 5) is 12.4. The predicted octanol–water partition coefficient (Wildman–Crippen LogP) is 4.67. The lowest BCUT2D eigenvalue weighted by Crippen LogP contribution is -2.08. The van der Waals surface area contributed by atoms with Crippen molar-refractivity contribution in [1.82, 2.24) is 0 Å². The van der Waals surface area contributed by atoms with Crippen molar-refractivity contribution in [2.24, 2.45) is 0 Å². The van der Waals surface area contributed by atoms with E-state index in [0.29, 0.717) is 39.4 Å². The molecule has 0 unspecified atom stereocenters. The van der Waals surface area contributed by atoms with Crippen LogP contribution in [-0.4, -0.2) is 25.9 Å². The van der Waals surface area contributed by atoms with Gasteiger partial charge in [0.15, 0.2) is 0 Å². The van der Waals surface area contributed by atoms with Gasteiger partial charge in [0.25, 0.3) is 5.76 Å². The van der Waals surface area contributed by atoms with Crippen LogP contribution in [0.1, 0.15) is 5.56 Å². The van der Waals surface area contributed by atoms with Crippen molar-refractivity contribution in [2.75, 3.05) is 19.5 Å². The first kappa shape index (κ1) is 18.8. The second kappa shape index (κ2) is 9.08. The largest absolute Gasteiger partial charge is 0.497 e. The highest BCUT2D eigenvalue weighted by Gasteiger charge is 2.11. The van der Waals surface area contributed by atoms with Crippen LogP contribution in [0, 0.1) is 0 Å². The highest BCUT2D eigenvalue weighted by Crippen LogP contribution is 2.31. The number of benzene rings is 2. The average Bonchev–Trinajstić information content (AvgIpc) is 2.61. The van der Waals surface area contributed by atoms with E-state index in [9.17, 15) is 13.6 Å². The quantitative estimate of drug-likeness (QED) is 0.572. The summed E-state index contributed by atoms with van der Waals surface area (Å²) in [5.41, 5.74) is 0.993. The maximum absolute atomic E-state index is 12.6. The van der Waals surface area contributed by atoms with Crippen LogP contribution in [0.5, 0.6) is 11.5 Å². The minimum absolute atomic E-state index is 0.304. The number of hydrogen-bond acceptors (Lipinski definition) is 4. The molecule has 0 aliphatic rings. The third kappa shape index (κ3) is 5.49. The Morgan fingerprint density at radius 2 is 1.92 bits per heavy atom. The van der Waals surface area contributed by atoms with Crippen LogP contribution in [0.2, 0.25) is 0 Å². The lowest BCUT2D eigenvalue weighted by atomic mass is 10.1. The molecule has 0 saturated heterocycles. The van der Waals surface area contributed by atoms with Gasteiger partial charge in [0.1, 0.15) is 11.5 Å². The van der Waals surface area contributed by atoms with E-state index in [-0.39, 0.29) is 0 Å². The second-order valence-electron chi connectivity index (χ2n) is 4.81. The Morgan fingerprint density at radius 1 is 1.16 bits per heavy atom. The summed E-state index contributed by atoms with van der Waals surface area (Å²) in [7, 11) is 3.07. The fourth-order valence-corrected chi connectivity index (χ4v) is 2.67. The van der Waals surface area contributed by atoms with Gasteiger partial charge in [0.05, 0.1) is 19.9 Å². The number of rotatable bonds is 7. The molecule has 2 rings (SSSR count). The summed E-state index contributed by atoms with van der Waals surface area (Å²) in [5, 5.41) is 2.60. The lowest BCUT2D eigenvalue weighted by Gasteiger charge is -2.09. The fraction of sp³-hybridized carbons (Fsp3) is 0.167. The minimum Gasteiger partial charge on any atom is -0.497 e. The topological polar surface area (TPSA) is 47.6 Å². The third-order valence-corrected chi connectivity index (χ3v) is 4.00. The minimum atomic E-state index is -2.56. The van der Waals surface area contributed by atoms with Gasteiger partial charge in [-0.05, 0) is 36.4 Å². The molecule has 0 heterocycles. The number of thioether (sulfide) groups is 1. The summed E-state index contributed by atoms with van der Waals surface area (Å²) >= 11 is 0.384. The summed E-state index contributed by atoms with van der Waals surface area (Å²) in [6.45, 7) is 0. The number of alkyl halides is 2. The van der Waals surface area contributed by atoms with E-state index in [1.165, 1.54) is 19.3 Å². The number of ether oxygens (including phenoxy) is 2. The van der Waals surface area contributed by atoms with Crippen molar-refractivity contribution >= 4 is 29.4 Å². The van der Waals surface area contributed by atoms with Gasteiger partial charge < -0.3 is 14.8 Å². The van der Waals surface area contributed by atoms with Crippen molar-refractivity contribution in [3.8, 4) is 11.5 Å². The van der Waals surface area contributed by atoms with Gasteiger partial charge in [-0.25, -0.2) is 0 Å². The van der Waals surface area contributed by atoms with Crippen molar-refractivity contribution in [3.05, 3.63) is 54.1 Å². The highest BCUT2D eigenvalue weighted by atomic mass is 32.2. The molecular weight excluding hydrogens is 348 g/mol. The Hall–Kier alpha value is -2.54. The van der Waals surface area contributed by atoms with Crippen LogP contribution in [0.3, 0.4) is 0 Å². The molecule has 0 atom stereocenters. The molecule has 0 spiro atoms. The van der Waals surface area contributed by atoms with Crippen molar-refractivity contribution in [1.29, 1.82) is 0 Å². The summed E-state index contributed by atoms with van der Waals surface area (Å²) in [6, 6.07) is 11.6. The first-order valence-corrected chi connectivity index (χ1v) is 8.16. The van der Waals surface area contributed by atoms with Gasteiger partial charge in [-0.2, -0.15) is 8.78 Å². The Balaban J connectivity index is 2.14. The van der Waals surface area contributed by atoms with Gasteiger partial charge >= 0.3 is 0 Å². The number of hydrogen-bond donors (Lipinski definition) is 1. The van der Waals surface area contributed by atoms with E-state index in [1.807, 2.05) is 0 Å². The zero-order valence-corrected chi connectivity index (χ0v) is 14.5. The van der Waals surface area contributed by atoms with E-state index in [0.717, 1.165) is 0 Å². The van der Waals surface area contributed by atoms with Crippen molar-refractivity contribution < 1.29 is 23.0 Å². The van der Waals surface area contributed by atoms with E-state index in [1.54, 1.807) is 49.6 Å². The van der Waals surface area contributed by atoms with Crippen LogP contribution in [0.25, 0.3) is 6.08 Å². The van der Waals surface area contributed by atoms with Gasteiger partial charge in [-0.3, -0.25) is 4.79 Å². The second-order valence-corrected chi connectivity index (χ2v) is 5.84. The number of nitrogens with one attached hydrogen (secondary N) is 1. The summed E-state index contributed by atoms with van der Waals surface area (Å²) < 4.78 is 35.5. The molecule has 1 amide bonds. The number of amides is 1. The summed E-state index contributed by atoms with van der Waals surface area (Å²) in [5.74, 6) is -1.79. The SMILES string of the molecule is COc1ccc(OC)c(/C=C/C(=O)Nc2ccccc2SC(F)F)c1. The number of halogens is 2. The Kier molecular flexibility index (Phi) is 6.82. The Morgan fingerprint density at radius 3 is 2.60 bits per heavy atom. The molecule has 0 fully saturated rings. The van der Waals surface area contributed by atoms with E-state index in [4.69, 9.17) is 9.47 Å². The van der Waals surface area contributed by atoms with E-state index >= 15 is 0 Å². The number of methoxy groups -OCH3 is 2. The fourth-order valence-electron chi connectivity index (χ4n) is 2.08. The smallest absolute Gasteiger partial charge is 0.288 e. The molecule has 7 heteroatoms. The molecular formula is C18H17F2NO3S. The van der Waals surface area contributed by atoms with Crippen LogP contribution in [-0.2, 0) is 4.79 Å². The maximum Gasteiger partial charge on any atom is 0.288 e. The molecule has 1 N–H and O–H groups in total. The standard InChI is InChI=1S/C18H17F2NO3S/c1-23-13-8-9-15(24-2)12(11-13)7-10-17(22)21-14-5-3-4-6-16(14)25-18(19)20/h3-11,18H,1-2H3,(H,21,22)/b10-7+. The predicted molar refractivity (Wildman–Crippen MR) is 95.5 cm³/mol. The third-order valence-electron chi connectivity index (χ3n) is 3.21. The molecule has 0 bridgehead atoms. The molecule has 2 aromatic rings. The van der Waals surface area contributed by atoms with Crippen LogP contribution in [0.4, 0.5) is 14.5 Å². The zero-order chi connectivity index (χ0) is 18.2. The molecule has 4 nitrogen and oxygen atoms in total. The lowest BCUT2D eigenvalue weighted by molar-refractivity contribution is -0.111. The molecule has 2 aromatic carbocycles. The van der Waals surface area contributed by atoms with Crippen molar-refractivity contribution in [2.45, 2.75) is 10.7 Å². The molecule has 0 aliphatic carbocycles. The molecule has 0 saturated carbocycles. The van der Waals surface area contributed by atoms with Gasteiger partial charge in [0, 0.05) is 16.5 Å². The average molecular weight is 365 g/mol. The molecule has 25 heavy (non-hydrogen) atoms. The number of para-hydroxylation sites is 1. The first-order valence-electron chi connectivity index (χ1n) is 7.28. The number of carbonyl (C=O) groups excluding carboxylic acids is 1. The van der Waals surface area contributed by atoms with Crippen molar-refractivity contribution in [3.63, 3.8) is 0 Å². The van der Waals surface area contributed by atoms with E-state index < -0.39 is 11.7 Å². The molecule has 0 aliphatic heterocycles. The monoisotopic (exact) mass is 365 g/mol. The maximum atomic E-state index is 12.6. The van der Waals surface area contributed by atoms with Crippen LogP contribution >= 0.6 is 11.8 Å². The number of anilines is 1. The summed E-state index contributed by atoms with van der Waals surface area (Å²) in [6.07, 6.45) is 2.88. The van der Waals surface area contributed by atoms with Gasteiger partial charge in [0.2, 0.25) is 5.91 Å². The van der Waals surface area contributed by atoms with Crippen LogP contribution in [0.15, 0.2) is 53.4 Å². The Labute approximate surface area is 148 Å². The Bertz CT molecular complexity index is 766. The molecule has 0 radical (unpaired) electrons. The normalized spacial score (nSPS) is 10.9. The van der Waals surface area contributed by atoms with E-state index in [2.05, 4.69) is 5.32 Å². The van der Waals surface area contributed by atoms with Crippen LogP contribution < -0.4 is 14.8 Å². The highest BCUT2D eigenvalue weighted by molar-refractivity contribution is 7.99. The molecule has 0 aromatic heterocycles. The molecule has 132 valence electrons. The zero-order valence-electron chi connectivity index (χ0n) is 13.7. The first-order chi connectivity index (χ1) is 12.0. The van der Waals surface area contributed by atoms with Gasteiger partial charge in [-0.15, -0.1) is 0 Å². The van der Waals surface area contributed by atoms with Gasteiger partial charge in [-0.1, -0.05) is 23.9 Å². The number of carbonyl (C=O) groups is 1.